The van der Waals surface area contributed by atoms with E-state index in [2.05, 4.69) is 9.97 Å². The molecule has 108 valence electrons. The van der Waals surface area contributed by atoms with Crippen molar-refractivity contribution in [2.45, 2.75) is 0 Å². The molecule has 0 aliphatic heterocycles. The predicted molar refractivity (Wildman–Crippen MR) is 88.1 cm³/mol. The summed E-state index contributed by atoms with van der Waals surface area (Å²) in [5.41, 5.74) is 1.53. The fourth-order valence-electron chi connectivity index (χ4n) is 2.09. The SMILES string of the molecule is [Be+2].[O-]c1ccc2ccccc2n1.[O-]c1ccc2ccccc2n1. The van der Waals surface area contributed by atoms with Crippen LogP contribution in [0.15, 0.2) is 72.8 Å². The average Bonchev–Trinajstić information content (AvgIpc) is 2.55. The van der Waals surface area contributed by atoms with Crippen LogP contribution >= 0.6 is 0 Å². The van der Waals surface area contributed by atoms with Gasteiger partial charge in [-0.1, -0.05) is 60.7 Å². The molecule has 2 aromatic heterocycles. The van der Waals surface area contributed by atoms with Crippen LogP contribution in [0.25, 0.3) is 21.8 Å². The van der Waals surface area contributed by atoms with Crippen molar-refractivity contribution in [3.8, 4) is 11.8 Å². The number of nitrogens with zero attached hydrogens (tertiary/aromatic N) is 2. The molecule has 0 amide bonds. The van der Waals surface area contributed by atoms with E-state index < -0.39 is 0 Å². The molecule has 0 aliphatic rings. The topological polar surface area (TPSA) is 71.9 Å². The summed E-state index contributed by atoms with van der Waals surface area (Å²) in [5.74, 6) is -0.354. The zero-order chi connectivity index (χ0) is 15.4. The van der Waals surface area contributed by atoms with Gasteiger partial charge in [-0.3, -0.25) is 9.97 Å². The van der Waals surface area contributed by atoms with Gasteiger partial charge < -0.3 is 10.2 Å². The summed E-state index contributed by atoms with van der Waals surface area (Å²) in [6.45, 7) is 0. The minimum Gasteiger partial charge on any atom is -0.859 e. The molecule has 4 rings (SSSR count). The third-order valence-corrected chi connectivity index (χ3v) is 3.15. The van der Waals surface area contributed by atoms with E-state index in [0.29, 0.717) is 0 Å². The van der Waals surface area contributed by atoms with Crippen LogP contribution in [0.4, 0.5) is 0 Å². The van der Waals surface area contributed by atoms with Crippen LogP contribution in [0, 0.1) is 0 Å². The van der Waals surface area contributed by atoms with Gasteiger partial charge in [-0.2, -0.15) is 0 Å². The third-order valence-electron chi connectivity index (χ3n) is 3.15. The quantitative estimate of drug-likeness (QED) is 0.467. The fourth-order valence-corrected chi connectivity index (χ4v) is 2.09. The summed E-state index contributed by atoms with van der Waals surface area (Å²) >= 11 is 0. The second-order valence-corrected chi connectivity index (χ2v) is 4.68. The first-order valence-electron chi connectivity index (χ1n) is 6.78. The second-order valence-electron chi connectivity index (χ2n) is 4.68. The van der Waals surface area contributed by atoms with Gasteiger partial charge in [0, 0.05) is 10.8 Å². The van der Waals surface area contributed by atoms with E-state index in [9.17, 15) is 10.2 Å². The van der Waals surface area contributed by atoms with Gasteiger partial charge in [0.25, 0.3) is 0 Å². The number of para-hydroxylation sites is 2. The second kappa shape index (κ2) is 7.34. The van der Waals surface area contributed by atoms with Crippen molar-refractivity contribution in [3.63, 3.8) is 0 Å². The van der Waals surface area contributed by atoms with Crippen molar-refractivity contribution < 1.29 is 10.2 Å². The van der Waals surface area contributed by atoms with E-state index in [1.54, 1.807) is 12.1 Å². The van der Waals surface area contributed by atoms with Gasteiger partial charge in [-0.15, -0.1) is 0 Å². The molecule has 0 bridgehead atoms. The fraction of sp³-hybridized carbons (Fsp3) is 0. The smallest absolute Gasteiger partial charge is 0.859 e. The van der Waals surface area contributed by atoms with Crippen LogP contribution in [0.3, 0.4) is 0 Å². The third kappa shape index (κ3) is 4.02. The van der Waals surface area contributed by atoms with Crippen molar-refractivity contribution in [2.75, 3.05) is 0 Å². The van der Waals surface area contributed by atoms with Crippen LogP contribution < -0.4 is 10.2 Å². The molecule has 0 saturated carbocycles. The molecule has 0 atom stereocenters. The van der Waals surface area contributed by atoms with Crippen molar-refractivity contribution in [1.29, 1.82) is 0 Å². The van der Waals surface area contributed by atoms with Crippen LogP contribution in [-0.4, -0.2) is 20.1 Å². The van der Waals surface area contributed by atoms with Gasteiger partial charge in [0.2, 0.25) is 0 Å². The van der Waals surface area contributed by atoms with Crippen molar-refractivity contribution in [3.05, 3.63) is 72.8 Å². The number of aromatic nitrogens is 2. The Kier molecular flexibility index (Phi) is 5.23. The Morgan fingerprint density at radius 3 is 1.35 bits per heavy atom. The summed E-state index contributed by atoms with van der Waals surface area (Å²) in [6.07, 6.45) is 0. The molecule has 23 heavy (non-hydrogen) atoms. The summed E-state index contributed by atoms with van der Waals surface area (Å²) < 4.78 is 0. The molecule has 0 spiro atoms. The number of benzene rings is 2. The van der Waals surface area contributed by atoms with E-state index in [1.807, 2.05) is 48.5 Å². The Bertz CT molecular complexity index is 851. The maximum absolute atomic E-state index is 10.8. The number of fused-ring (bicyclic) bond motifs is 2. The number of hydrogen-bond donors (Lipinski definition) is 0. The molecular formula is C18H12BeN2O2. The first kappa shape index (κ1) is 16.4. The van der Waals surface area contributed by atoms with Gasteiger partial charge in [0.05, 0.1) is 11.0 Å². The van der Waals surface area contributed by atoms with Gasteiger partial charge in [-0.05, 0) is 23.9 Å². The molecule has 5 heteroatoms. The summed E-state index contributed by atoms with van der Waals surface area (Å²) in [4.78, 5) is 7.64. The average molecular weight is 297 g/mol. The van der Waals surface area contributed by atoms with E-state index in [0.717, 1.165) is 21.8 Å². The number of rotatable bonds is 0. The van der Waals surface area contributed by atoms with Crippen molar-refractivity contribution in [2.24, 2.45) is 0 Å². The van der Waals surface area contributed by atoms with Crippen LogP contribution in [0.5, 0.6) is 11.8 Å². The Balaban J connectivity index is 0.000000160. The molecule has 0 fully saturated rings. The van der Waals surface area contributed by atoms with Gasteiger partial charge in [-0.25, -0.2) is 0 Å². The van der Waals surface area contributed by atoms with E-state index in [-0.39, 0.29) is 21.9 Å². The van der Waals surface area contributed by atoms with Crippen LogP contribution in [0.2, 0.25) is 0 Å². The first-order valence-corrected chi connectivity index (χ1v) is 6.78. The Morgan fingerprint density at radius 2 is 0.913 bits per heavy atom. The standard InChI is InChI=1S/2C9H7NO.Be/c2*11-9-6-5-7-3-1-2-4-8(7)10-9;/h2*1-6H,(H,10,11);/q;;+2/p-2. The van der Waals surface area contributed by atoms with E-state index in [4.69, 9.17) is 0 Å². The Labute approximate surface area is 137 Å². The molecule has 2 heterocycles. The molecule has 0 radical (unpaired) electrons. The molecule has 0 N–H and O–H groups in total. The van der Waals surface area contributed by atoms with Crippen molar-refractivity contribution >= 4 is 31.9 Å². The van der Waals surface area contributed by atoms with Gasteiger partial charge in [0.15, 0.2) is 0 Å². The monoisotopic (exact) mass is 297 g/mol. The summed E-state index contributed by atoms with van der Waals surface area (Å²) in [7, 11) is 0. The number of hydrogen-bond acceptors (Lipinski definition) is 4. The molecule has 0 unspecified atom stereocenters. The molecule has 0 aliphatic carbocycles. The van der Waals surface area contributed by atoms with Crippen molar-refractivity contribution in [1.82, 2.24) is 9.97 Å². The predicted octanol–water partition coefficient (Wildman–Crippen LogP) is 2.24. The maximum Gasteiger partial charge on any atom is 2.00 e. The summed E-state index contributed by atoms with van der Waals surface area (Å²) in [6, 6.07) is 21.6. The number of pyridine rings is 2. The Morgan fingerprint density at radius 1 is 0.522 bits per heavy atom. The normalized spacial score (nSPS) is 9.74. The zero-order valence-electron chi connectivity index (χ0n) is 12.3. The van der Waals surface area contributed by atoms with Gasteiger partial charge >= 0.3 is 10.1 Å². The van der Waals surface area contributed by atoms with Crippen LogP contribution in [-0.2, 0) is 0 Å². The maximum atomic E-state index is 10.8. The largest absolute Gasteiger partial charge is 2.00 e. The zero-order valence-corrected chi connectivity index (χ0v) is 12.3. The minimum absolute atomic E-state index is 0. The molecule has 4 aromatic rings. The molecule has 4 nitrogen and oxygen atoms in total. The minimum atomic E-state index is -0.177. The molecule has 0 saturated heterocycles. The van der Waals surface area contributed by atoms with E-state index >= 15 is 0 Å². The Hall–Kier alpha value is -2.97. The first-order chi connectivity index (χ1) is 10.7. The van der Waals surface area contributed by atoms with E-state index in [1.165, 1.54) is 12.1 Å². The molecular weight excluding hydrogens is 285 g/mol. The van der Waals surface area contributed by atoms with Gasteiger partial charge in [0.1, 0.15) is 0 Å². The van der Waals surface area contributed by atoms with Crippen LogP contribution in [0.1, 0.15) is 0 Å². The summed E-state index contributed by atoms with van der Waals surface area (Å²) in [5, 5.41) is 23.6. The molecule has 2 aromatic carbocycles.